The van der Waals surface area contributed by atoms with Crippen molar-refractivity contribution in [1.29, 1.82) is 0 Å². The number of amides is 4. The van der Waals surface area contributed by atoms with Crippen LogP contribution in [-0.4, -0.2) is 17.0 Å². The average molecular weight is 438 g/mol. The first-order valence-corrected chi connectivity index (χ1v) is 10.4. The highest BCUT2D eigenvalue weighted by molar-refractivity contribution is 6.02. The number of benzene rings is 3. The molecular formula is C26H23N5O2. The molecule has 0 bridgehead atoms. The third-order valence-corrected chi connectivity index (χ3v) is 4.84. The Labute approximate surface area is 191 Å². The van der Waals surface area contributed by atoms with Gasteiger partial charge in [0.15, 0.2) is 0 Å². The Morgan fingerprint density at radius 2 is 1.33 bits per heavy atom. The van der Waals surface area contributed by atoms with Crippen molar-refractivity contribution in [2.75, 3.05) is 16.0 Å². The lowest BCUT2D eigenvalue weighted by molar-refractivity contribution is 0.251. The molecule has 4 aromatic rings. The molecule has 7 nitrogen and oxygen atoms in total. The maximum atomic E-state index is 12.5. The first-order valence-electron chi connectivity index (χ1n) is 10.4. The molecule has 0 saturated heterocycles. The number of rotatable bonds is 6. The zero-order valence-electron chi connectivity index (χ0n) is 17.8. The van der Waals surface area contributed by atoms with Gasteiger partial charge in [-0.3, -0.25) is 4.98 Å². The van der Waals surface area contributed by atoms with Crippen molar-refractivity contribution < 1.29 is 9.59 Å². The van der Waals surface area contributed by atoms with Gasteiger partial charge in [-0.15, -0.1) is 0 Å². The summed E-state index contributed by atoms with van der Waals surface area (Å²) in [6, 6.07) is 27.4. The minimum atomic E-state index is -0.353. The number of nitrogens with zero attached hydrogens (tertiary/aromatic N) is 1. The summed E-state index contributed by atoms with van der Waals surface area (Å²) in [5.74, 6) is 0. The van der Waals surface area contributed by atoms with Gasteiger partial charge in [0.1, 0.15) is 0 Å². The van der Waals surface area contributed by atoms with E-state index in [1.807, 2.05) is 66.7 Å². The SMILES string of the molecule is O=C(NCc1cccnc1)Nc1ccc(NC(=O)Nc2ccccc2-c2ccccc2)cc1. The summed E-state index contributed by atoms with van der Waals surface area (Å²) in [6.45, 7) is 0.379. The molecule has 33 heavy (non-hydrogen) atoms. The lowest BCUT2D eigenvalue weighted by atomic mass is 10.0. The second-order valence-electron chi connectivity index (χ2n) is 7.24. The van der Waals surface area contributed by atoms with E-state index in [0.717, 1.165) is 16.7 Å². The second kappa shape index (κ2) is 10.6. The van der Waals surface area contributed by atoms with E-state index in [-0.39, 0.29) is 12.1 Å². The maximum absolute atomic E-state index is 12.5. The molecule has 1 aromatic heterocycles. The van der Waals surface area contributed by atoms with Gasteiger partial charge in [-0.1, -0.05) is 54.6 Å². The van der Waals surface area contributed by atoms with E-state index in [2.05, 4.69) is 26.3 Å². The van der Waals surface area contributed by atoms with Crippen LogP contribution in [0.15, 0.2) is 103 Å². The number of hydrogen-bond acceptors (Lipinski definition) is 3. The highest BCUT2D eigenvalue weighted by Gasteiger charge is 2.09. The standard InChI is InChI=1S/C26H23N5O2/c32-25(28-18-19-7-6-16-27-17-19)29-21-12-14-22(15-13-21)30-26(33)31-24-11-5-4-10-23(24)20-8-2-1-3-9-20/h1-17H,18H2,(H2,28,29,32)(H2,30,31,33). The van der Waals surface area contributed by atoms with Crippen LogP contribution in [0.2, 0.25) is 0 Å². The smallest absolute Gasteiger partial charge is 0.323 e. The molecule has 4 rings (SSSR count). The Morgan fingerprint density at radius 3 is 2.03 bits per heavy atom. The zero-order valence-corrected chi connectivity index (χ0v) is 17.8. The van der Waals surface area contributed by atoms with Crippen molar-refractivity contribution in [3.8, 4) is 11.1 Å². The van der Waals surface area contributed by atoms with Crippen molar-refractivity contribution in [3.05, 3.63) is 109 Å². The molecule has 0 aliphatic rings. The van der Waals surface area contributed by atoms with Crippen LogP contribution in [-0.2, 0) is 6.54 Å². The summed E-state index contributed by atoms with van der Waals surface area (Å²) < 4.78 is 0. The Morgan fingerprint density at radius 1 is 0.667 bits per heavy atom. The van der Waals surface area contributed by atoms with Crippen LogP contribution in [0.5, 0.6) is 0 Å². The van der Waals surface area contributed by atoms with Crippen molar-refractivity contribution in [2.45, 2.75) is 6.54 Å². The molecule has 0 spiro atoms. The Balaban J connectivity index is 1.31. The molecule has 0 radical (unpaired) electrons. The second-order valence-corrected chi connectivity index (χ2v) is 7.24. The third kappa shape index (κ3) is 6.18. The van der Waals surface area contributed by atoms with E-state index in [0.29, 0.717) is 23.6 Å². The molecule has 3 aromatic carbocycles. The van der Waals surface area contributed by atoms with Gasteiger partial charge in [0.2, 0.25) is 0 Å². The van der Waals surface area contributed by atoms with Gasteiger partial charge in [0.05, 0.1) is 5.69 Å². The minimum Gasteiger partial charge on any atom is -0.334 e. The molecule has 0 aliphatic heterocycles. The fourth-order valence-electron chi connectivity index (χ4n) is 3.24. The number of hydrogen-bond donors (Lipinski definition) is 4. The fraction of sp³-hybridized carbons (Fsp3) is 0.0385. The van der Waals surface area contributed by atoms with Gasteiger partial charge in [0.25, 0.3) is 0 Å². The van der Waals surface area contributed by atoms with Crippen LogP contribution in [0.4, 0.5) is 26.7 Å². The van der Waals surface area contributed by atoms with Crippen LogP contribution in [0.1, 0.15) is 5.56 Å². The van der Waals surface area contributed by atoms with E-state index in [1.54, 1.807) is 36.7 Å². The summed E-state index contributed by atoms with van der Waals surface area (Å²) in [7, 11) is 0. The van der Waals surface area contributed by atoms with Crippen molar-refractivity contribution in [1.82, 2.24) is 10.3 Å². The molecule has 7 heteroatoms. The Bertz CT molecular complexity index is 1210. The van der Waals surface area contributed by atoms with Gasteiger partial charge >= 0.3 is 12.1 Å². The molecule has 0 aliphatic carbocycles. The molecule has 4 amide bonds. The van der Waals surface area contributed by atoms with Gasteiger partial charge < -0.3 is 21.3 Å². The van der Waals surface area contributed by atoms with E-state index in [9.17, 15) is 9.59 Å². The van der Waals surface area contributed by atoms with Gasteiger partial charge in [-0.2, -0.15) is 0 Å². The maximum Gasteiger partial charge on any atom is 0.323 e. The van der Waals surface area contributed by atoms with E-state index >= 15 is 0 Å². The molecule has 4 N–H and O–H groups in total. The summed E-state index contributed by atoms with van der Waals surface area (Å²) >= 11 is 0. The highest BCUT2D eigenvalue weighted by atomic mass is 16.2. The van der Waals surface area contributed by atoms with Crippen LogP contribution in [0.25, 0.3) is 11.1 Å². The van der Waals surface area contributed by atoms with Gasteiger partial charge in [-0.05, 0) is 47.5 Å². The number of urea groups is 2. The Hall–Kier alpha value is -4.65. The lowest BCUT2D eigenvalue weighted by Gasteiger charge is -2.13. The lowest BCUT2D eigenvalue weighted by Crippen LogP contribution is -2.28. The quantitative estimate of drug-likeness (QED) is 0.311. The van der Waals surface area contributed by atoms with Gasteiger partial charge in [-0.25, -0.2) is 9.59 Å². The zero-order chi connectivity index (χ0) is 22.9. The topological polar surface area (TPSA) is 95.2 Å². The van der Waals surface area contributed by atoms with Crippen molar-refractivity contribution in [3.63, 3.8) is 0 Å². The van der Waals surface area contributed by atoms with E-state index in [4.69, 9.17) is 0 Å². The molecule has 0 fully saturated rings. The monoisotopic (exact) mass is 437 g/mol. The molecule has 0 saturated carbocycles. The fourth-order valence-corrected chi connectivity index (χ4v) is 3.24. The van der Waals surface area contributed by atoms with Crippen molar-refractivity contribution in [2.24, 2.45) is 0 Å². The summed E-state index contributed by atoms with van der Waals surface area (Å²) in [4.78, 5) is 28.6. The van der Waals surface area contributed by atoms with Crippen LogP contribution in [0.3, 0.4) is 0 Å². The number of aromatic nitrogens is 1. The summed E-state index contributed by atoms with van der Waals surface area (Å²) in [5, 5.41) is 11.2. The molecule has 164 valence electrons. The predicted octanol–water partition coefficient (Wildman–Crippen LogP) is 5.71. The van der Waals surface area contributed by atoms with Crippen LogP contribution in [0, 0.1) is 0 Å². The first kappa shape index (κ1) is 21.6. The summed E-state index contributed by atoms with van der Waals surface area (Å²) in [5.41, 5.74) is 4.79. The Kier molecular flexibility index (Phi) is 6.92. The number of para-hydroxylation sites is 1. The highest BCUT2D eigenvalue weighted by Crippen LogP contribution is 2.27. The van der Waals surface area contributed by atoms with E-state index < -0.39 is 0 Å². The van der Waals surface area contributed by atoms with Crippen LogP contribution >= 0.6 is 0 Å². The number of carbonyl (C=O) groups excluding carboxylic acids is 2. The predicted molar refractivity (Wildman–Crippen MR) is 131 cm³/mol. The first-order chi connectivity index (χ1) is 16.2. The number of anilines is 3. The largest absolute Gasteiger partial charge is 0.334 e. The molecule has 0 atom stereocenters. The number of carbonyl (C=O) groups is 2. The molecular weight excluding hydrogens is 414 g/mol. The molecule has 1 heterocycles. The van der Waals surface area contributed by atoms with Gasteiger partial charge in [0, 0.05) is 35.9 Å². The third-order valence-electron chi connectivity index (χ3n) is 4.84. The summed E-state index contributed by atoms with van der Waals surface area (Å²) in [6.07, 6.45) is 3.38. The normalized spacial score (nSPS) is 10.2. The molecule has 0 unspecified atom stereocenters. The van der Waals surface area contributed by atoms with E-state index in [1.165, 1.54) is 0 Å². The number of nitrogens with one attached hydrogen (secondary N) is 4. The number of pyridine rings is 1. The minimum absolute atomic E-state index is 0.324. The van der Waals surface area contributed by atoms with Crippen molar-refractivity contribution >= 4 is 29.1 Å². The average Bonchev–Trinajstić information content (AvgIpc) is 2.85. The van der Waals surface area contributed by atoms with Crippen LogP contribution < -0.4 is 21.3 Å².